The molecule has 1 amide bonds. The van der Waals surface area contributed by atoms with E-state index < -0.39 is 0 Å². The summed E-state index contributed by atoms with van der Waals surface area (Å²) in [5.41, 5.74) is 0.114. The number of hydrogen-bond donors (Lipinski definition) is 0. The lowest BCUT2D eigenvalue weighted by molar-refractivity contribution is 0.00285. The molecule has 1 aliphatic heterocycles. The number of nitrogens with zero attached hydrogens (tertiary/aromatic N) is 1. The van der Waals surface area contributed by atoms with Crippen LogP contribution < -0.4 is 0 Å². The number of carbonyl (C=O) groups is 1. The zero-order valence-electron chi connectivity index (χ0n) is 12.6. The van der Waals surface area contributed by atoms with Gasteiger partial charge in [-0.2, -0.15) is 0 Å². The maximum atomic E-state index is 12.7. The highest BCUT2D eigenvalue weighted by Crippen LogP contribution is 2.32. The average Bonchev–Trinajstić information content (AvgIpc) is 2.90. The van der Waals surface area contributed by atoms with Crippen LogP contribution in [-0.2, 0) is 9.47 Å². The summed E-state index contributed by atoms with van der Waals surface area (Å²) in [5.74, 6) is 0.0386. The van der Waals surface area contributed by atoms with Crippen molar-refractivity contribution in [2.24, 2.45) is 5.41 Å². The Morgan fingerprint density at radius 3 is 2.76 bits per heavy atom. The van der Waals surface area contributed by atoms with Gasteiger partial charge in [0.15, 0.2) is 0 Å². The van der Waals surface area contributed by atoms with Crippen molar-refractivity contribution in [2.75, 3.05) is 40.0 Å². The van der Waals surface area contributed by atoms with Gasteiger partial charge in [0.05, 0.1) is 15.8 Å². The van der Waals surface area contributed by atoms with E-state index in [1.54, 1.807) is 19.2 Å². The van der Waals surface area contributed by atoms with Crippen LogP contribution in [0.25, 0.3) is 0 Å². The van der Waals surface area contributed by atoms with Crippen molar-refractivity contribution in [3.05, 3.63) is 21.3 Å². The normalized spacial score (nSPS) is 17.7. The Labute approximate surface area is 135 Å². The molecule has 0 atom stereocenters. The zero-order valence-corrected chi connectivity index (χ0v) is 14.1. The first-order valence-electron chi connectivity index (χ1n) is 7.15. The third kappa shape index (κ3) is 4.68. The number of hydrogen-bond acceptors (Lipinski definition) is 4. The van der Waals surface area contributed by atoms with Crippen molar-refractivity contribution < 1.29 is 14.3 Å². The molecule has 0 N–H and O–H groups in total. The molecule has 0 radical (unpaired) electrons. The van der Waals surface area contributed by atoms with Crippen molar-refractivity contribution in [1.29, 1.82) is 0 Å². The van der Waals surface area contributed by atoms with E-state index in [2.05, 4.69) is 6.92 Å². The van der Waals surface area contributed by atoms with Crippen molar-refractivity contribution in [3.63, 3.8) is 0 Å². The Kier molecular flexibility index (Phi) is 6.05. The second kappa shape index (κ2) is 7.58. The average molecular weight is 332 g/mol. The maximum Gasteiger partial charge on any atom is 0.264 e. The Balaban J connectivity index is 2.07. The number of methoxy groups -OCH3 is 1. The minimum absolute atomic E-state index is 0.0386. The van der Waals surface area contributed by atoms with Gasteiger partial charge in [-0.3, -0.25) is 4.79 Å². The first-order chi connectivity index (χ1) is 10.0. The van der Waals surface area contributed by atoms with Crippen molar-refractivity contribution in [1.82, 2.24) is 4.90 Å². The molecule has 0 unspecified atom stereocenters. The Morgan fingerprint density at radius 1 is 1.48 bits per heavy atom. The molecule has 4 nitrogen and oxygen atoms in total. The first kappa shape index (κ1) is 16.7. The zero-order chi connectivity index (χ0) is 15.3. The molecule has 21 heavy (non-hydrogen) atoms. The van der Waals surface area contributed by atoms with Crippen LogP contribution in [-0.4, -0.2) is 50.8 Å². The second-order valence-electron chi connectivity index (χ2n) is 5.75. The fourth-order valence-electron chi connectivity index (χ4n) is 2.52. The molecular weight excluding hydrogens is 310 g/mol. The van der Waals surface area contributed by atoms with E-state index in [1.165, 1.54) is 11.3 Å². The van der Waals surface area contributed by atoms with E-state index in [1.807, 2.05) is 4.90 Å². The third-order valence-corrected chi connectivity index (χ3v) is 5.13. The molecule has 0 aliphatic carbocycles. The largest absolute Gasteiger partial charge is 0.383 e. The van der Waals surface area contributed by atoms with Crippen molar-refractivity contribution >= 4 is 28.8 Å². The van der Waals surface area contributed by atoms with E-state index in [0.29, 0.717) is 22.4 Å². The summed E-state index contributed by atoms with van der Waals surface area (Å²) < 4.78 is 11.2. The Bertz CT molecular complexity index is 471. The van der Waals surface area contributed by atoms with Gasteiger partial charge >= 0.3 is 0 Å². The van der Waals surface area contributed by atoms with Crippen LogP contribution in [0.15, 0.2) is 12.1 Å². The summed E-state index contributed by atoms with van der Waals surface area (Å²) in [7, 11) is 1.65. The van der Waals surface area contributed by atoms with Crippen LogP contribution in [0, 0.1) is 5.41 Å². The monoisotopic (exact) mass is 331 g/mol. The highest BCUT2D eigenvalue weighted by atomic mass is 35.5. The summed E-state index contributed by atoms with van der Waals surface area (Å²) in [6.07, 6.45) is 1.96. The van der Waals surface area contributed by atoms with Crippen LogP contribution in [0.4, 0.5) is 0 Å². The summed E-state index contributed by atoms with van der Waals surface area (Å²) in [6.45, 7) is 5.64. The second-order valence-corrected chi connectivity index (χ2v) is 7.46. The summed E-state index contributed by atoms with van der Waals surface area (Å²) in [6, 6.07) is 3.56. The molecule has 0 spiro atoms. The minimum atomic E-state index is 0.0386. The molecule has 1 fully saturated rings. The van der Waals surface area contributed by atoms with Gasteiger partial charge in [0.25, 0.3) is 5.91 Å². The van der Waals surface area contributed by atoms with Gasteiger partial charge < -0.3 is 14.4 Å². The number of ether oxygens (including phenoxy) is 2. The Morgan fingerprint density at radius 2 is 2.19 bits per heavy atom. The van der Waals surface area contributed by atoms with E-state index in [0.717, 1.165) is 32.6 Å². The van der Waals surface area contributed by atoms with Gasteiger partial charge in [0.2, 0.25) is 0 Å². The minimum Gasteiger partial charge on any atom is -0.383 e. The van der Waals surface area contributed by atoms with Gasteiger partial charge in [0.1, 0.15) is 0 Å². The van der Waals surface area contributed by atoms with Gasteiger partial charge in [0, 0.05) is 33.4 Å². The van der Waals surface area contributed by atoms with Gasteiger partial charge in [-0.05, 0) is 30.4 Å². The molecular formula is C15H22ClNO3S. The number of carbonyl (C=O) groups excluding carboxylic acids is 1. The van der Waals surface area contributed by atoms with E-state index >= 15 is 0 Å². The van der Waals surface area contributed by atoms with Crippen LogP contribution in [0.1, 0.15) is 29.4 Å². The number of halogens is 1. The maximum absolute atomic E-state index is 12.7. The fraction of sp³-hybridized carbons (Fsp3) is 0.667. The molecule has 0 aromatic carbocycles. The summed E-state index contributed by atoms with van der Waals surface area (Å²) in [5, 5.41) is 0. The lowest BCUT2D eigenvalue weighted by Gasteiger charge is -2.38. The molecule has 2 rings (SSSR count). The van der Waals surface area contributed by atoms with Crippen LogP contribution in [0.2, 0.25) is 4.34 Å². The smallest absolute Gasteiger partial charge is 0.264 e. The molecule has 118 valence electrons. The standard InChI is InChI=1S/C15H22ClNO3S/c1-15(5-8-20-9-6-15)11-17(7-10-19-2)14(18)12-3-4-13(16)21-12/h3-4H,5-11H2,1-2H3. The number of thiophene rings is 1. The molecule has 1 aromatic heterocycles. The molecule has 0 saturated carbocycles. The first-order valence-corrected chi connectivity index (χ1v) is 8.35. The van der Waals surface area contributed by atoms with Crippen molar-refractivity contribution in [3.8, 4) is 0 Å². The highest BCUT2D eigenvalue weighted by Gasteiger charge is 2.32. The molecule has 0 bridgehead atoms. The molecule has 6 heteroatoms. The molecule has 1 aromatic rings. The van der Waals surface area contributed by atoms with E-state index in [4.69, 9.17) is 21.1 Å². The van der Waals surface area contributed by atoms with Gasteiger partial charge in [-0.1, -0.05) is 18.5 Å². The lowest BCUT2D eigenvalue weighted by atomic mass is 9.82. The predicted molar refractivity (Wildman–Crippen MR) is 85.3 cm³/mol. The van der Waals surface area contributed by atoms with Gasteiger partial charge in [-0.15, -0.1) is 11.3 Å². The lowest BCUT2D eigenvalue weighted by Crippen LogP contribution is -2.43. The van der Waals surface area contributed by atoms with Crippen molar-refractivity contribution in [2.45, 2.75) is 19.8 Å². The van der Waals surface area contributed by atoms with Crippen LogP contribution >= 0.6 is 22.9 Å². The number of amides is 1. The quantitative estimate of drug-likeness (QED) is 0.802. The highest BCUT2D eigenvalue weighted by molar-refractivity contribution is 7.17. The Hall–Kier alpha value is -0.620. The molecule has 1 saturated heterocycles. The summed E-state index contributed by atoms with van der Waals surface area (Å²) >= 11 is 7.27. The predicted octanol–water partition coefficient (Wildman–Crippen LogP) is 3.31. The van der Waals surface area contributed by atoms with E-state index in [9.17, 15) is 4.79 Å². The summed E-state index contributed by atoms with van der Waals surface area (Å²) in [4.78, 5) is 15.2. The van der Waals surface area contributed by atoms with Gasteiger partial charge in [-0.25, -0.2) is 0 Å². The third-order valence-electron chi connectivity index (χ3n) is 3.91. The molecule has 2 heterocycles. The van der Waals surface area contributed by atoms with Crippen LogP contribution in [0.5, 0.6) is 0 Å². The number of rotatable bonds is 6. The fourth-order valence-corrected chi connectivity index (χ4v) is 3.53. The SMILES string of the molecule is COCCN(CC1(C)CCOCC1)C(=O)c1ccc(Cl)s1. The molecule has 1 aliphatic rings. The van der Waals surface area contributed by atoms with Crippen LogP contribution in [0.3, 0.4) is 0 Å². The van der Waals surface area contributed by atoms with E-state index in [-0.39, 0.29) is 11.3 Å². The topological polar surface area (TPSA) is 38.8 Å².